The largest absolute Gasteiger partial charge is 0.352 e. The molecule has 138 valence electrons. The van der Waals surface area contributed by atoms with Gasteiger partial charge in [-0.05, 0) is 55.0 Å². The van der Waals surface area contributed by atoms with E-state index in [1.807, 2.05) is 30.3 Å². The monoisotopic (exact) mass is 350 g/mol. The normalized spacial score (nSPS) is 22.4. The van der Waals surface area contributed by atoms with E-state index in [9.17, 15) is 4.79 Å². The Kier molecular flexibility index (Phi) is 5.54. The van der Waals surface area contributed by atoms with Gasteiger partial charge in [0.1, 0.15) is 0 Å². The summed E-state index contributed by atoms with van der Waals surface area (Å²) in [5.41, 5.74) is 0.794. The minimum atomic E-state index is 0.0663. The fraction of sp³-hybridized carbons (Fsp3) is 0.522. The molecule has 1 heterocycles. The molecule has 0 radical (unpaired) electrons. The third-order valence-electron chi connectivity index (χ3n) is 6.23. The van der Waals surface area contributed by atoms with E-state index in [1.54, 1.807) is 0 Å². The number of piperidine rings is 1. The molecule has 2 fully saturated rings. The first kappa shape index (κ1) is 17.5. The van der Waals surface area contributed by atoms with Crippen LogP contribution in [0.1, 0.15) is 55.3 Å². The van der Waals surface area contributed by atoms with Crippen molar-refractivity contribution < 1.29 is 4.79 Å². The molecule has 3 heteroatoms. The molecule has 1 atom stereocenters. The molecule has 3 nitrogen and oxygen atoms in total. The number of nitrogens with zero attached hydrogens (tertiary/aromatic N) is 1. The zero-order valence-electron chi connectivity index (χ0n) is 15.6. The maximum Gasteiger partial charge on any atom is 0.251 e. The number of benzene rings is 2. The summed E-state index contributed by atoms with van der Waals surface area (Å²) >= 11 is 0. The molecule has 0 bridgehead atoms. The maximum atomic E-state index is 12.8. The summed E-state index contributed by atoms with van der Waals surface area (Å²) < 4.78 is 0. The lowest BCUT2D eigenvalue weighted by molar-refractivity contribution is 0.0867. The molecule has 0 spiro atoms. The molecule has 26 heavy (non-hydrogen) atoms. The Morgan fingerprint density at radius 1 is 0.962 bits per heavy atom. The Morgan fingerprint density at radius 3 is 2.65 bits per heavy atom. The van der Waals surface area contributed by atoms with Crippen LogP contribution in [0.5, 0.6) is 0 Å². The van der Waals surface area contributed by atoms with Crippen molar-refractivity contribution in [1.29, 1.82) is 0 Å². The summed E-state index contributed by atoms with van der Waals surface area (Å²) in [6.07, 6.45) is 9.44. The highest BCUT2D eigenvalue weighted by atomic mass is 16.1. The summed E-state index contributed by atoms with van der Waals surface area (Å²) in [5, 5.41) is 5.39. The van der Waals surface area contributed by atoms with Gasteiger partial charge in [-0.25, -0.2) is 0 Å². The molecule has 2 aromatic carbocycles. The predicted octanol–water partition coefficient (Wildman–Crippen LogP) is 4.61. The van der Waals surface area contributed by atoms with Gasteiger partial charge < -0.3 is 10.2 Å². The van der Waals surface area contributed by atoms with E-state index >= 15 is 0 Å². The zero-order chi connectivity index (χ0) is 17.8. The van der Waals surface area contributed by atoms with Crippen LogP contribution in [-0.4, -0.2) is 36.5 Å². The highest BCUT2D eigenvalue weighted by Gasteiger charge is 2.27. The van der Waals surface area contributed by atoms with E-state index in [0.29, 0.717) is 5.92 Å². The Balaban J connectivity index is 1.36. The van der Waals surface area contributed by atoms with Crippen LogP contribution in [0.15, 0.2) is 42.5 Å². The Hall–Kier alpha value is -1.87. The fourth-order valence-electron chi connectivity index (χ4n) is 4.80. The molecular formula is C23H30N2O. The van der Waals surface area contributed by atoms with Crippen molar-refractivity contribution in [1.82, 2.24) is 10.2 Å². The standard InChI is InChI=1S/C23H30N2O/c26-23(22-14-6-10-19-9-4-5-13-21(19)22)24-16-18-8-7-15-25(17-18)20-11-2-1-3-12-20/h4-6,9-10,13-14,18,20H,1-3,7-8,11-12,15-17H2,(H,24,26). The van der Waals surface area contributed by atoms with Crippen LogP contribution in [0.3, 0.4) is 0 Å². The first-order chi connectivity index (χ1) is 12.8. The first-order valence-corrected chi connectivity index (χ1v) is 10.3. The van der Waals surface area contributed by atoms with Crippen molar-refractivity contribution in [3.8, 4) is 0 Å². The fourth-order valence-corrected chi connectivity index (χ4v) is 4.80. The van der Waals surface area contributed by atoms with Crippen LogP contribution in [0.25, 0.3) is 10.8 Å². The molecule has 1 aliphatic heterocycles. The average Bonchev–Trinajstić information content (AvgIpc) is 2.72. The van der Waals surface area contributed by atoms with Crippen molar-refractivity contribution in [2.75, 3.05) is 19.6 Å². The number of carbonyl (C=O) groups is 1. The highest BCUT2D eigenvalue weighted by Crippen LogP contribution is 2.27. The Bertz CT molecular complexity index is 745. The summed E-state index contributed by atoms with van der Waals surface area (Å²) in [6, 6.07) is 14.9. The lowest BCUT2D eigenvalue weighted by atomic mass is 9.90. The lowest BCUT2D eigenvalue weighted by Crippen LogP contribution is -2.46. The highest BCUT2D eigenvalue weighted by molar-refractivity contribution is 6.06. The van der Waals surface area contributed by atoms with E-state index in [2.05, 4.69) is 22.3 Å². The van der Waals surface area contributed by atoms with Gasteiger partial charge in [-0.2, -0.15) is 0 Å². The van der Waals surface area contributed by atoms with Gasteiger partial charge in [0.15, 0.2) is 0 Å². The van der Waals surface area contributed by atoms with Crippen LogP contribution in [0.4, 0.5) is 0 Å². The maximum absolute atomic E-state index is 12.8. The molecule has 1 saturated heterocycles. The lowest BCUT2D eigenvalue weighted by Gasteiger charge is -2.40. The number of amides is 1. The van der Waals surface area contributed by atoms with Crippen LogP contribution < -0.4 is 5.32 Å². The predicted molar refractivity (Wildman–Crippen MR) is 107 cm³/mol. The van der Waals surface area contributed by atoms with Crippen LogP contribution in [-0.2, 0) is 0 Å². The van der Waals surface area contributed by atoms with Crippen molar-refractivity contribution in [3.05, 3.63) is 48.0 Å². The molecule has 1 unspecified atom stereocenters. The van der Waals surface area contributed by atoms with E-state index < -0.39 is 0 Å². The van der Waals surface area contributed by atoms with Gasteiger partial charge >= 0.3 is 0 Å². The van der Waals surface area contributed by atoms with Crippen LogP contribution in [0.2, 0.25) is 0 Å². The molecular weight excluding hydrogens is 320 g/mol. The third-order valence-corrected chi connectivity index (χ3v) is 6.23. The smallest absolute Gasteiger partial charge is 0.251 e. The summed E-state index contributed by atoms with van der Waals surface area (Å²) in [4.78, 5) is 15.5. The van der Waals surface area contributed by atoms with Crippen LogP contribution >= 0.6 is 0 Å². The van der Waals surface area contributed by atoms with Crippen molar-refractivity contribution >= 4 is 16.7 Å². The number of hydrogen-bond acceptors (Lipinski definition) is 2. The van der Waals surface area contributed by atoms with Crippen molar-refractivity contribution in [2.24, 2.45) is 5.92 Å². The molecule has 1 N–H and O–H groups in total. The number of fused-ring (bicyclic) bond motifs is 1. The van der Waals surface area contributed by atoms with E-state index in [4.69, 9.17) is 0 Å². The van der Waals surface area contributed by atoms with Crippen molar-refractivity contribution in [2.45, 2.75) is 51.0 Å². The summed E-state index contributed by atoms with van der Waals surface area (Å²) in [7, 11) is 0. The van der Waals surface area contributed by atoms with E-state index in [0.717, 1.165) is 35.5 Å². The Morgan fingerprint density at radius 2 is 1.77 bits per heavy atom. The Labute approximate surface area is 156 Å². The molecule has 2 aromatic rings. The summed E-state index contributed by atoms with van der Waals surface area (Å²) in [5.74, 6) is 0.654. The quantitative estimate of drug-likeness (QED) is 0.873. The molecule has 0 aromatic heterocycles. The number of carbonyl (C=O) groups excluding carboxylic acids is 1. The molecule has 1 saturated carbocycles. The van der Waals surface area contributed by atoms with Gasteiger partial charge in [0.2, 0.25) is 0 Å². The van der Waals surface area contributed by atoms with Gasteiger partial charge in [-0.15, -0.1) is 0 Å². The molecule has 2 aliphatic rings. The third kappa shape index (κ3) is 3.93. The van der Waals surface area contributed by atoms with E-state index in [1.165, 1.54) is 51.5 Å². The van der Waals surface area contributed by atoms with E-state index in [-0.39, 0.29) is 5.91 Å². The van der Waals surface area contributed by atoms with Crippen molar-refractivity contribution in [3.63, 3.8) is 0 Å². The van der Waals surface area contributed by atoms with Gasteiger partial charge in [0.05, 0.1) is 0 Å². The number of hydrogen-bond donors (Lipinski definition) is 1. The molecule has 1 aliphatic carbocycles. The number of likely N-dealkylation sites (tertiary alicyclic amines) is 1. The second kappa shape index (κ2) is 8.22. The zero-order valence-corrected chi connectivity index (χ0v) is 15.6. The first-order valence-electron chi connectivity index (χ1n) is 10.3. The molecule has 1 amide bonds. The van der Waals surface area contributed by atoms with Gasteiger partial charge in [-0.1, -0.05) is 55.7 Å². The number of nitrogens with one attached hydrogen (secondary N) is 1. The average molecular weight is 351 g/mol. The minimum absolute atomic E-state index is 0.0663. The second-order valence-corrected chi connectivity index (χ2v) is 8.03. The van der Waals surface area contributed by atoms with Crippen LogP contribution in [0, 0.1) is 5.92 Å². The summed E-state index contributed by atoms with van der Waals surface area (Å²) in [6.45, 7) is 3.20. The topological polar surface area (TPSA) is 32.3 Å². The van der Waals surface area contributed by atoms with Gasteiger partial charge in [0, 0.05) is 24.7 Å². The molecule has 4 rings (SSSR count). The second-order valence-electron chi connectivity index (χ2n) is 8.03. The SMILES string of the molecule is O=C(NCC1CCCN(C2CCCCC2)C1)c1cccc2ccccc12. The van der Waals surface area contributed by atoms with Gasteiger partial charge in [0.25, 0.3) is 5.91 Å². The van der Waals surface area contributed by atoms with Gasteiger partial charge in [-0.3, -0.25) is 4.79 Å². The minimum Gasteiger partial charge on any atom is -0.352 e. The number of rotatable bonds is 4.